The normalized spacial score (nSPS) is 16.8. The zero-order valence-electron chi connectivity index (χ0n) is 10.4. The standard InChI is InChI=1S/C12H18N2O4/c1-9(15)13-8-10-4-6-14(7-5-10)11(16)2-3-12(17)18/h2-3,10H,4-8H2,1H3,(H,13,15)(H,17,18)/b3-2+. The topological polar surface area (TPSA) is 86.7 Å². The lowest BCUT2D eigenvalue weighted by atomic mass is 9.96. The van der Waals surface area contributed by atoms with Crippen molar-refractivity contribution in [2.24, 2.45) is 5.92 Å². The zero-order valence-corrected chi connectivity index (χ0v) is 10.4. The fraction of sp³-hybridized carbons (Fsp3) is 0.583. The predicted molar refractivity (Wildman–Crippen MR) is 64.8 cm³/mol. The van der Waals surface area contributed by atoms with Gasteiger partial charge in [0.2, 0.25) is 11.8 Å². The molecule has 0 aromatic rings. The van der Waals surface area contributed by atoms with Gasteiger partial charge in [0.15, 0.2) is 0 Å². The molecule has 0 saturated carbocycles. The smallest absolute Gasteiger partial charge is 0.328 e. The number of carboxylic acid groups (broad SMARTS) is 1. The van der Waals surface area contributed by atoms with Crippen molar-refractivity contribution in [3.63, 3.8) is 0 Å². The van der Waals surface area contributed by atoms with E-state index in [1.165, 1.54) is 6.92 Å². The van der Waals surface area contributed by atoms with E-state index in [-0.39, 0.29) is 11.8 Å². The van der Waals surface area contributed by atoms with Crippen LogP contribution in [-0.4, -0.2) is 47.4 Å². The first kappa shape index (κ1) is 14.2. The second kappa shape index (κ2) is 6.78. The molecule has 0 bridgehead atoms. The summed E-state index contributed by atoms with van der Waals surface area (Å²) in [5.41, 5.74) is 0. The number of piperidine rings is 1. The predicted octanol–water partition coefficient (Wildman–Crippen LogP) is 0.00190. The van der Waals surface area contributed by atoms with Gasteiger partial charge < -0.3 is 15.3 Å². The number of carboxylic acids is 1. The second-order valence-electron chi connectivity index (χ2n) is 4.38. The van der Waals surface area contributed by atoms with Gasteiger partial charge in [-0.05, 0) is 18.8 Å². The molecule has 1 rings (SSSR count). The van der Waals surface area contributed by atoms with Crippen LogP contribution in [0.25, 0.3) is 0 Å². The Morgan fingerprint density at radius 2 is 1.89 bits per heavy atom. The highest BCUT2D eigenvalue weighted by atomic mass is 16.4. The first-order valence-electron chi connectivity index (χ1n) is 5.93. The summed E-state index contributed by atoms with van der Waals surface area (Å²) in [6, 6.07) is 0. The van der Waals surface area contributed by atoms with E-state index in [1.54, 1.807) is 4.90 Å². The number of likely N-dealkylation sites (tertiary alicyclic amines) is 1. The van der Waals surface area contributed by atoms with E-state index in [9.17, 15) is 14.4 Å². The summed E-state index contributed by atoms with van der Waals surface area (Å²) in [6.07, 6.45) is 3.59. The average Bonchev–Trinajstić information content (AvgIpc) is 2.34. The highest BCUT2D eigenvalue weighted by Gasteiger charge is 2.21. The molecular formula is C12H18N2O4. The molecule has 0 spiro atoms. The third-order valence-electron chi connectivity index (χ3n) is 2.93. The van der Waals surface area contributed by atoms with E-state index in [4.69, 9.17) is 5.11 Å². The van der Waals surface area contributed by atoms with Gasteiger partial charge in [0, 0.05) is 38.7 Å². The number of amides is 2. The van der Waals surface area contributed by atoms with Gasteiger partial charge in [0.1, 0.15) is 0 Å². The summed E-state index contributed by atoms with van der Waals surface area (Å²) in [4.78, 5) is 34.3. The van der Waals surface area contributed by atoms with Crippen LogP contribution in [0.3, 0.4) is 0 Å². The maximum Gasteiger partial charge on any atom is 0.328 e. The number of hydrogen-bond donors (Lipinski definition) is 2. The lowest BCUT2D eigenvalue weighted by Crippen LogP contribution is -2.40. The zero-order chi connectivity index (χ0) is 13.5. The third-order valence-corrected chi connectivity index (χ3v) is 2.93. The summed E-state index contributed by atoms with van der Waals surface area (Å²) in [5.74, 6) is -1.04. The van der Waals surface area contributed by atoms with Gasteiger partial charge in [-0.1, -0.05) is 0 Å². The monoisotopic (exact) mass is 254 g/mol. The van der Waals surface area contributed by atoms with Gasteiger partial charge in [-0.25, -0.2) is 4.79 Å². The van der Waals surface area contributed by atoms with Crippen LogP contribution in [0.15, 0.2) is 12.2 Å². The minimum Gasteiger partial charge on any atom is -0.478 e. The Hall–Kier alpha value is -1.85. The SMILES string of the molecule is CC(=O)NCC1CCN(C(=O)/C=C/C(=O)O)CC1. The molecule has 100 valence electrons. The Balaban J connectivity index is 2.32. The molecule has 1 saturated heterocycles. The number of rotatable bonds is 4. The van der Waals surface area contributed by atoms with Gasteiger partial charge in [-0.2, -0.15) is 0 Å². The Kier molecular flexibility index (Phi) is 5.35. The molecule has 0 radical (unpaired) electrons. The molecule has 6 nitrogen and oxygen atoms in total. The Labute approximate surface area is 106 Å². The number of carbonyl (C=O) groups excluding carboxylic acids is 2. The molecule has 6 heteroatoms. The summed E-state index contributed by atoms with van der Waals surface area (Å²) < 4.78 is 0. The van der Waals surface area contributed by atoms with Crippen LogP contribution in [0, 0.1) is 5.92 Å². The minimum atomic E-state index is -1.12. The van der Waals surface area contributed by atoms with Crippen LogP contribution in [0.4, 0.5) is 0 Å². The number of carbonyl (C=O) groups is 3. The highest BCUT2D eigenvalue weighted by Crippen LogP contribution is 2.16. The molecule has 0 aromatic carbocycles. The summed E-state index contributed by atoms with van der Waals surface area (Å²) in [6.45, 7) is 3.33. The highest BCUT2D eigenvalue weighted by molar-refractivity contribution is 5.93. The van der Waals surface area contributed by atoms with Crippen LogP contribution in [0.5, 0.6) is 0 Å². The van der Waals surface area contributed by atoms with Crippen LogP contribution in [-0.2, 0) is 14.4 Å². The molecular weight excluding hydrogens is 236 g/mol. The molecule has 0 unspecified atom stereocenters. The summed E-state index contributed by atoms with van der Waals surface area (Å²) in [7, 11) is 0. The minimum absolute atomic E-state index is 0.0436. The maximum atomic E-state index is 11.6. The summed E-state index contributed by atoms with van der Waals surface area (Å²) >= 11 is 0. The Bertz CT molecular complexity index is 357. The van der Waals surface area contributed by atoms with E-state index >= 15 is 0 Å². The van der Waals surface area contributed by atoms with Crippen LogP contribution < -0.4 is 5.32 Å². The van der Waals surface area contributed by atoms with Gasteiger partial charge in [0.05, 0.1) is 0 Å². The number of nitrogens with one attached hydrogen (secondary N) is 1. The van der Waals surface area contributed by atoms with Crippen LogP contribution in [0.1, 0.15) is 19.8 Å². The molecule has 0 atom stereocenters. The van der Waals surface area contributed by atoms with Crippen molar-refractivity contribution < 1.29 is 19.5 Å². The van der Waals surface area contributed by atoms with Crippen molar-refractivity contribution in [2.75, 3.05) is 19.6 Å². The Morgan fingerprint density at radius 3 is 2.39 bits per heavy atom. The van der Waals surface area contributed by atoms with E-state index < -0.39 is 5.97 Å². The lowest BCUT2D eigenvalue weighted by Gasteiger charge is -2.31. The number of nitrogens with zero attached hydrogens (tertiary/aromatic N) is 1. The van der Waals surface area contributed by atoms with Crippen molar-refractivity contribution >= 4 is 17.8 Å². The molecule has 1 aliphatic heterocycles. The quantitative estimate of drug-likeness (QED) is 0.691. The first-order valence-corrected chi connectivity index (χ1v) is 5.93. The van der Waals surface area contributed by atoms with E-state index in [2.05, 4.69) is 5.32 Å². The second-order valence-corrected chi connectivity index (χ2v) is 4.38. The largest absolute Gasteiger partial charge is 0.478 e. The van der Waals surface area contributed by atoms with E-state index in [0.717, 1.165) is 25.0 Å². The average molecular weight is 254 g/mol. The molecule has 2 amide bonds. The molecule has 1 fully saturated rings. The molecule has 1 aliphatic rings. The van der Waals surface area contributed by atoms with Crippen LogP contribution >= 0.6 is 0 Å². The third kappa shape index (κ3) is 4.99. The number of hydrogen-bond acceptors (Lipinski definition) is 3. The van der Waals surface area contributed by atoms with Crippen molar-refractivity contribution in [2.45, 2.75) is 19.8 Å². The van der Waals surface area contributed by atoms with Crippen molar-refractivity contribution in [3.05, 3.63) is 12.2 Å². The van der Waals surface area contributed by atoms with E-state index in [1.807, 2.05) is 0 Å². The molecule has 2 N–H and O–H groups in total. The van der Waals surface area contributed by atoms with Crippen molar-refractivity contribution in [1.29, 1.82) is 0 Å². The van der Waals surface area contributed by atoms with Gasteiger partial charge in [-0.3, -0.25) is 9.59 Å². The molecule has 0 aliphatic carbocycles. The fourth-order valence-corrected chi connectivity index (χ4v) is 1.89. The Morgan fingerprint density at radius 1 is 1.28 bits per heavy atom. The van der Waals surface area contributed by atoms with Crippen LogP contribution in [0.2, 0.25) is 0 Å². The first-order chi connectivity index (χ1) is 8.49. The van der Waals surface area contributed by atoms with Gasteiger partial charge in [-0.15, -0.1) is 0 Å². The van der Waals surface area contributed by atoms with Crippen molar-refractivity contribution in [3.8, 4) is 0 Å². The van der Waals surface area contributed by atoms with Crippen molar-refractivity contribution in [1.82, 2.24) is 10.2 Å². The van der Waals surface area contributed by atoms with Gasteiger partial charge in [0.25, 0.3) is 0 Å². The lowest BCUT2D eigenvalue weighted by molar-refractivity contribution is -0.132. The number of aliphatic carboxylic acids is 1. The van der Waals surface area contributed by atoms with Gasteiger partial charge >= 0.3 is 5.97 Å². The summed E-state index contributed by atoms with van der Waals surface area (Å²) in [5, 5.41) is 11.2. The maximum absolute atomic E-state index is 11.6. The molecule has 18 heavy (non-hydrogen) atoms. The van der Waals surface area contributed by atoms with E-state index in [0.29, 0.717) is 25.6 Å². The fourth-order valence-electron chi connectivity index (χ4n) is 1.89. The molecule has 0 aromatic heterocycles. The molecule has 1 heterocycles.